The molecule has 1 N–H and O–H groups in total. The number of benzene rings is 1. The van der Waals surface area contributed by atoms with E-state index in [1.807, 2.05) is 6.07 Å². The smallest absolute Gasteiger partial charge is 0.306 e. The molecular formula is C14H16N4O4S. The van der Waals surface area contributed by atoms with Gasteiger partial charge >= 0.3 is 5.69 Å². The van der Waals surface area contributed by atoms with Crippen molar-refractivity contribution < 1.29 is 13.9 Å². The normalized spacial score (nSPS) is 11.9. The predicted molar refractivity (Wildman–Crippen MR) is 86.3 cm³/mol. The molecule has 2 aromatic rings. The molecule has 122 valence electrons. The molecule has 1 amide bonds. The minimum absolute atomic E-state index is 0.106. The first-order chi connectivity index (χ1) is 10.9. The number of amides is 1. The van der Waals surface area contributed by atoms with Crippen LogP contribution in [0, 0.1) is 10.1 Å². The highest BCUT2D eigenvalue weighted by atomic mass is 32.2. The zero-order valence-corrected chi connectivity index (χ0v) is 13.3. The maximum absolute atomic E-state index is 11.9. The summed E-state index contributed by atoms with van der Waals surface area (Å²) in [4.78, 5) is 21.9. The van der Waals surface area contributed by atoms with E-state index in [2.05, 4.69) is 10.4 Å². The van der Waals surface area contributed by atoms with E-state index in [0.717, 1.165) is 11.8 Å². The number of nitro groups is 1. The van der Waals surface area contributed by atoms with E-state index in [1.165, 1.54) is 10.9 Å². The van der Waals surface area contributed by atoms with Gasteiger partial charge < -0.3 is 5.32 Å². The Kier molecular flexibility index (Phi) is 5.58. The van der Waals surface area contributed by atoms with Gasteiger partial charge in [0.05, 0.1) is 4.92 Å². The molecule has 1 unspecified atom stereocenters. The monoisotopic (exact) mass is 336 g/mol. The summed E-state index contributed by atoms with van der Waals surface area (Å²) in [6.07, 6.45) is 4.19. The number of carbonyl (C=O) groups excluding carboxylic acids is 1. The minimum Gasteiger partial charge on any atom is -0.326 e. The molecule has 0 spiro atoms. The zero-order chi connectivity index (χ0) is 16.8. The van der Waals surface area contributed by atoms with Gasteiger partial charge in [0, 0.05) is 41.5 Å². The van der Waals surface area contributed by atoms with E-state index < -0.39 is 15.7 Å². The Morgan fingerprint density at radius 3 is 2.91 bits per heavy atom. The molecule has 8 nitrogen and oxygen atoms in total. The summed E-state index contributed by atoms with van der Waals surface area (Å²) in [6.45, 7) is 0.248. The van der Waals surface area contributed by atoms with E-state index in [1.54, 1.807) is 24.5 Å². The summed E-state index contributed by atoms with van der Waals surface area (Å²) in [5, 5.41) is 17.1. The predicted octanol–water partition coefficient (Wildman–Crippen LogP) is 1.70. The van der Waals surface area contributed by atoms with Crippen LogP contribution in [-0.4, -0.2) is 31.1 Å². The molecule has 9 heteroatoms. The number of aryl methyl sites for hydroxylation is 1. The van der Waals surface area contributed by atoms with Crippen molar-refractivity contribution in [1.29, 1.82) is 0 Å². The van der Waals surface area contributed by atoms with Crippen molar-refractivity contribution in [2.24, 2.45) is 0 Å². The summed E-state index contributed by atoms with van der Waals surface area (Å²) in [5.74, 6) is 0.207. The largest absolute Gasteiger partial charge is 0.326 e. The molecule has 0 radical (unpaired) electrons. The van der Waals surface area contributed by atoms with Crippen molar-refractivity contribution in [2.45, 2.75) is 18.7 Å². The molecule has 0 fully saturated rings. The highest BCUT2D eigenvalue weighted by molar-refractivity contribution is 7.83. The van der Waals surface area contributed by atoms with Gasteiger partial charge in [0.25, 0.3) is 0 Å². The summed E-state index contributed by atoms with van der Waals surface area (Å²) < 4.78 is 12.6. The van der Waals surface area contributed by atoms with E-state index in [4.69, 9.17) is 0 Å². The Morgan fingerprint density at radius 1 is 1.48 bits per heavy atom. The lowest BCUT2D eigenvalue weighted by Crippen LogP contribution is -2.14. The third-order valence-corrected chi connectivity index (χ3v) is 3.72. The second-order valence-corrected chi connectivity index (χ2v) is 6.37. The highest BCUT2D eigenvalue weighted by Gasteiger charge is 2.10. The first kappa shape index (κ1) is 16.8. The van der Waals surface area contributed by atoms with E-state index >= 15 is 0 Å². The standard InChI is InChI=1S/C14H16N4O4S/c1-23(22)10-11-3-2-4-12(7-11)16-14(19)5-6-17-9-13(8-15-17)18(20)21/h2-4,7-9H,5-6,10H2,1H3,(H,16,19). The number of nitrogens with zero attached hydrogens (tertiary/aromatic N) is 3. The summed E-state index contributed by atoms with van der Waals surface area (Å²) in [7, 11) is -0.947. The number of hydrogen-bond acceptors (Lipinski definition) is 5. The fourth-order valence-electron chi connectivity index (χ4n) is 1.98. The first-order valence-electron chi connectivity index (χ1n) is 6.79. The van der Waals surface area contributed by atoms with Crippen LogP contribution in [0.25, 0.3) is 0 Å². The van der Waals surface area contributed by atoms with Crippen LogP contribution in [0.5, 0.6) is 0 Å². The number of aromatic nitrogens is 2. The van der Waals surface area contributed by atoms with Crippen molar-refractivity contribution >= 4 is 28.1 Å². The van der Waals surface area contributed by atoms with Crippen LogP contribution in [0.1, 0.15) is 12.0 Å². The van der Waals surface area contributed by atoms with Crippen LogP contribution in [-0.2, 0) is 27.9 Å². The van der Waals surface area contributed by atoms with Crippen LogP contribution in [0.3, 0.4) is 0 Å². The third-order valence-electron chi connectivity index (χ3n) is 2.98. The van der Waals surface area contributed by atoms with Gasteiger partial charge in [0.15, 0.2) is 0 Å². The Balaban J connectivity index is 1.89. The maximum atomic E-state index is 11.9. The Hall–Kier alpha value is -2.55. The fraction of sp³-hybridized carbons (Fsp3) is 0.286. The number of carbonyl (C=O) groups is 1. The molecule has 0 aliphatic carbocycles. The Labute approximate surface area is 135 Å². The maximum Gasteiger partial charge on any atom is 0.306 e. The molecule has 0 aliphatic rings. The number of hydrogen-bond donors (Lipinski definition) is 1. The van der Waals surface area contributed by atoms with E-state index in [-0.39, 0.29) is 24.6 Å². The topological polar surface area (TPSA) is 107 Å². The van der Waals surface area contributed by atoms with Gasteiger partial charge in [-0.25, -0.2) is 0 Å². The highest BCUT2D eigenvalue weighted by Crippen LogP contribution is 2.13. The van der Waals surface area contributed by atoms with Gasteiger partial charge in [0.1, 0.15) is 12.4 Å². The van der Waals surface area contributed by atoms with Crippen LogP contribution in [0.4, 0.5) is 11.4 Å². The van der Waals surface area contributed by atoms with Crippen LogP contribution >= 0.6 is 0 Å². The van der Waals surface area contributed by atoms with Crippen molar-refractivity contribution in [3.05, 3.63) is 52.3 Å². The van der Waals surface area contributed by atoms with Gasteiger partial charge in [-0.15, -0.1) is 0 Å². The number of rotatable bonds is 7. The van der Waals surface area contributed by atoms with Gasteiger partial charge in [-0.2, -0.15) is 5.10 Å². The van der Waals surface area contributed by atoms with Crippen LogP contribution in [0.15, 0.2) is 36.7 Å². The van der Waals surface area contributed by atoms with Crippen molar-refractivity contribution in [2.75, 3.05) is 11.6 Å². The van der Waals surface area contributed by atoms with Gasteiger partial charge in [-0.05, 0) is 17.7 Å². The fourth-order valence-corrected chi connectivity index (χ4v) is 2.63. The summed E-state index contributed by atoms with van der Waals surface area (Å²) in [6, 6.07) is 7.16. The molecule has 1 aromatic carbocycles. The average Bonchev–Trinajstić information content (AvgIpc) is 2.94. The number of anilines is 1. The quantitative estimate of drug-likeness (QED) is 0.611. The average molecular weight is 336 g/mol. The molecule has 0 bridgehead atoms. The second kappa shape index (κ2) is 7.63. The molecule has 0 saturated heterocycles. The number of nitrogens with one attached hydrogen (secondary N) is 1. The van der Waals surface area contributed by atoms with Crippen LogP contribution < -0.4 is 5.32 Å². The molecule has 2 rings (SSSR count). The lowest BCUT2D eigenvalue weighted by molar-refractivity contribution is -0.385. The molecule has 23 heavy (non-hydrogen) atoms. The molecular weight excluding hydrogens is 320 g/mol. The second-order valence-electron chi connectivity index (χ2n) is 4.93. The van der Waals surface area contributed by atoms with E-state index in [0.29, 0.717) is 11.4 Å². The minimum atomic E-state index is -0.947. The lowest BCUT2D eigenvalue weighted by atomic mass is 10.2. The van der Waals surface area contributed by atoms with Crippen molar-refractivity contribution in [1.82, 2.24) is 9.78 Å². The summed E-state index contributed by atoms with van der Waals surface area (Å²) in [5.41, 5.74) is 1.40. The van der Waals surface area contributed by atoms with Gasteiger partial charge in [-0.1, -0.05) is 12.1 Å². The zero-order valence-electron chi connectivity index (χ0n) is 12.5. The molecule has 1 heterocycles. The van der Waals surface area contributed by atoms with Crippen molar-refractivity contribution in [3.63, 3.8) is 0 Å². The Bertz CT molecular complexity index is 744. The molecule has 0 aliphatic heterocycles. The van der Waals surface area contributed by atoms with Crippen molar-refractivity contribution in [3.8, 4) is 0 Å². The van der Waals surface area contributed by atoms with Crippen LogP contribution in [0.2, 0.25) is 0 Å². The first-order valence-corrected chi connectivity index (χ1v) is 8.52. The molecule has 1 atom stereocenters. The summed E-state index contributed by atoms with van der Waals surface area (Å²) >= 11 is 0. The Morgan fingerprint density at radius 2 is 2.26 bits per heavy atom. The SMILES string of the molecule is CS(=O)Cc1cccc(NC(=O)CCn2cc([N+](=O)[O-])cn2)c1. The van der Waals surface area contributed by atoms with E-state index in [9.17, 15) is 19.1 Å². The third kappa shape index (κ3) is 5.29. The van der Waals surface area contributed by atoms with Gasteiger partial charge in [0.2, 0.25) is 5.91 Å². The lowest BCUT2D eigenvalue weighted by Gasteiger charge is -2.07. The molecule has 1 aromatic heterocycles. The molecule has 0 saturated carbocycles. The van der Waals surface area contributed by atoms with Gasteiger partial charge in [-0.3, -0.25) is 23.8 Å².